The molecule has 37 heavy (non-hydrogen) atoms. The van der Waals surface area contributed by atoms with Crippen molar-refractivity contribution in [2.45, 2.75) is 46.8 Å². The van der Waals surface area contributed by atoms with Gasteiger partial charge >= 0.3 is 6.18 Å². The summed E-state index contributed by atoms with van der Waals surface area (Å²) in [5.41, 5.74) is 0.898. The monoisotopic (exact) mass is 518 g/mol. The number of aromatic nitrogens is 3. The lowest BCUT2D eigenvalue weighted by Crippen LogP contribution is -2.25. The van der Waals surface area contributed by atoms with E-state index < -0.39 is 11.7 Å². The van der Waals surface area contributed by atoms with Crippen LogP contribution in [-0.2, 0) is 22.3 Å². The van der Waals surface area contributed by atoms with E-state index in [0.29, 0.717) is 60.6 Å². The Hall–Kier alpha value is -3.47. The number of hydrogen-bond acceptors (Lipinski definition) is 6. The quantitative estimate of drug-likeness (QED) is 0.228. The highest BCUT2D eigenvalue weighted by Crippen LogP contribution is 2.40. The molecule has 0 saturated carbocycles. The van der Waals surface area contributed by atoms with Crippen LogP contribution >= 0.6 is 0 Å². The van der Waals surface area contributed by atoms with Crippen LogP contribution in [0.2, 0.25) is 0 Å². The van der Waals surface area contributed by atoms with Crippen LogP contribution in [0, 0.1) is 12.8 Å². The molecule has 11 heteroatoms. The van der Waals surface area contributed by atoms with E-state index in [0.717, 1.165) is 12.1 Å². The van der Waals surface area contributed by atoms with E-state index in [1.54, 1.807) is 35.6 Å². The highest BCUT2D eigenvalue weighted by Gasteiger charge is 2.33. The summed E-state index contributed by atoms with van der Waals surface area (Å²) in [5, 5.41) is 5.10. The number of carbonyl (C=O) groups is 2. The highest BCUT2D eigenvalue weighted by molar-refractivity contribution is 6.04. The van der Waals surface area contributed by atoms with Gasteiger partial charge in [0.1, 0.15) is 11.4 Å². The number of pyridine rings is 1. The van der Waals surface area contributed by atoms with E-state index in [1.807, 2.05) is 6.92 Å². The summed E-state index contributed by atoms with van der Waals surface area (Å²) >= 11 is 0. The van der Waals surface area contributed by atoms with E-state index in [-0.39, 0.29) is 35.8 Å². The van der Waals surface area contributed by atoms with Gasteiger partial charge in [-0.05, 0) is 50.6 Å². The van der Waals surface area contributed by atoms with E-state index >= 15 is 0 Å². The summed E-state index contributed by atoms with van der Waals surface area (Å²) < 4.78 is 52.8. The summed E-state index contributed by atoms with van der Waals surface area (Å²) in [6.45, 7) is 8.39. The van der Waals surface area contributed by atoms with Crippen molar-refractivity contribution in [2.75, 3.05) is 26.5 Å². The number of ether oxygens (including phenoxy) is 2. The second kappa shape index (κ2) is 10.5. The maximum atomic E-state index is 13.5. The molecule has 1 amide bonds. The molecule has 1 atom stereocenters. The number of amides is 1. The normalized spacial score (nSPS) is 16.1. The second-order valence-electron chi connectivity index (χ2n) is 9.08. The number of likely N-dealkylation sites (tertiary alicyclic amines) is 1. The van der Waals surface area contributed by atoms with Gasteiger partial charge in [-0.25, -0.2) is 4.98 Å². The van der Waals surface area contributed by atoms with Crippen LogP contribution in [0.25, 0.3) is 22.3 Å². The lowest BCUT2D eigenvalue weighted by molar-refractivity contribution is -0.137. The largest absolute Gasteiger partial charge is 0.467 e. The molecule has 0 spiro atoms. The van der Waals surface area contributed by atoms with Crippen LogP contribution in [0.4, 0.5) is 13.2 Å². The van der Waals surface area contributed by atoms with E-state index in [1.165, 1.54) is 6.92 Å². The fourth-order valence-corrected chi connectivity index (χ4v) is 4.73. The Balaban J connectivity index is 1.76. The van der Waals surface area contributed by atoms with Crippen LogP contribution in [0.15, 0.2) is 24.3 Å². The zero-order chi connectivity index (χ0) is 26.9. The summed E-state index contributed by atoms with van der Waals surface area (Å²) in [6.07, 6.45) is -4.17. The molecule has 1 aliphatic heterocycles. The Morgan fingerprint density at radius 1 is 1.22 bits per heavy atom. The molecular weight excluding hydrogens is 489 g/mol. The molecule has 8 nitrogen and oxygen atoms in total. The Morgan fingerprint density at radius 2 is 1.97 bits per heavy atom. The predicted molar refractivity (Wildman–Crippen MR) is 130 cm³/mol. The summed E-state index contributed by atoms with van der Waals surface area (Å²) in [4.78, 5) is 31.1. The molecule has 1 saturated heterocycles. The number of aryl methyl sites for hydroxylation is 1. The number of carbonyl (C=O) groups excluding carboxylic acids is 2. The SMILES string of the molecule is CCOCOc1cc(C(F)(F)F)cc(C)c1-c1ccc2c(C(C)=O)n(C[C@@H]3CC(=O)N(CC)C3)nc2n1. The fraction of sp³-hybridized carbons (Fsp3) is 0.462. The average molecular weight is 519 g/mol. The van der Waals surface area contributed by atoms with Gasteiger partial charge in [0.05, 0.1) is 16.6 Å². The zero-order valence-corrected chi connectivity index (χ0v) is 21.2. The zero-order valence-electron chi connectivity index (χ0n) is 21.2. The van der Waals surface area contributed by atoms with Crippen molar-refractivity contribution in [2.24, 2.45) is 5.92 Å². The molecule has 0 radical (unpaired) electrons. The predicted octanol–water partition coefficient (Wildman–Crippen LogP) is 4.87. The lowest BCUT2D eigenvalue weighted by atomic mass is 9.99. The van der Waals surface area contributed by atoms with Crippen molar-refractivity contribution in [3.05, 3.63) is 41.1 Å². The van der Waals surface area contributed by atoms with Crippen molar-refractivity contribution >= 4 is 22.7 Å². The van der Waals surface area contributed by atoms with Crippen LogP contribution in [-0.4, -0.2) is 57.8 Å². The maximum absolute atomic E-state index is 13.5. The molecule has 1 aromatic carbocycles. The van der Waals surface area contributed by atoms with Crippen molar-refractivity contribution in [3.63, 3.8) is 0 Å². The van der Waals surface area contributed by atoms with Crippen LogP contribution < -0.4 is 4.74 Å². The van der Waals surface area contributed by atoms with Gasteiger partial charge in [-0.15, -0.1) is 0 Å². The van der Waals surface area contributed by atoms with E-state index in [9.17, 15) is 22.8 Å². The first-order valence-electron chi connectivity index (χ1n) is 12.1. The van der Waals surface area contributed by atoms with Gasteiger partial charge in [-0.1, -0.05) is 0 Å². The van der Waals surface area contributed by atoms with E-state index in [4.69, 9.17) is 9.47 Å². The molecule has 0 bridgehead atoms. The number of fused-ring (bicyclic) bond motifs is 1. The number of Topliss-reactive ketones (excluding diaryl/α,β-unsaturated/α-hetero) is 1. The molecule has 2 aromatic heterocycles. The minimum atomic E-state index is -4.55. The van der Waals surface area contributed by atoms with Gasteiger partial charge in [0.2, 0.25) is 5.91 Å². The van der Waals surface area contributed by atoms with Gasteiger partial charge < -0.3 is 14.4 Å². The first-order chi connectivity index (χ1) is 17.5. The summed E-state index contributed by atoms with van der Waals surface area (Å²) in [7, 11) is 0. The average Bonchev–Trinajstić information content (AvgIpc) is 3.36. The maximum Gasteiger partial charge on any atom is 0.416 e. The van der Waals surface area contributed by atoms with Gasteiger partial charge in [0.25, 0.3) is 0 Å². The Bertz CT molecular complexity index is 1340. The molecule has 1 fully saturated rings. The molecule has 1 aliphatic rings. The second-order valence-corrected chi connectivity index (χ2v) is 9.08. The highest BCUT2D eigenvalue weighted by atomic mass is 19.4. The molecule has 4 rings (SSSR count). The standard InChI is InChI=1S/C26H29F3N4O4/c1-5-32-12-17(10-22(32)35)13-33-24(16(4)34)19-7-8-20(30-25(19)31-33)23-15(3)9-18(26(27,28)29)11-21(23)37-14-36-6-2/h7-9,11,17H,5-6,10,12-14H2,1-4H3/t17-/m1/s1. The minimum absolute atomic E-state index is 0.00931. The van der Waals surface area contributed by atoms with Crippen LogP contribution in [0.5, 0.6) is 5.75 Å². The Morgan fingerprint density at radius 3 is 2.59 bits per heavy atom. The summed E-state index contributed by atoms with van der Waals surface area (Å²) in [6, 6.07) is 5.32. The molecule has 3 heterocycles. The molecule has 198 valence electrons. The van der Waals surface area contributed by atoms with Crippen LogP contribution in [0.3, 0.4) is 0 Å². The number of ketones is 1. The van der Waals surface area contributed by atoms with Crippen molar-refractivity contribution < 1.29 is 32.2 Å². The number of nitrogens with zero attached hydrogens (tertiary/aromatic N) is 4. The van der Waals surface area contributed by atoms with Crippen molar-refractivity contribution in [1.29, 1.82) is 0 Å². The third kappa shape index (κ3) is 5.46. The molecular formula is C26H29F3N4O4. The number of halogens is 3. The Labute approximate surface area is 212 Å². The first-order valence-corrected chi connectivity index (χ1v) is 12.1. The fourth-order valence-electron chi connectivity index (χ4n) is 4.73. The third-order valence-corrected chi connectivity index (χ3v) is 6.43. The molecule has 0 aliphatic carbocycles. The minimum Gasteiger partial charge on any atom is -0.467 e. The van der Waals surface area contributed by atoms with Crippen molar-refractivity contribution in [1.82, 2.24) is 19.7 Å². The molecule has 0 unspecified atom stereocenters. The molecule has 0 N–H and O–H groups in total. The number of hydrogen-bond donors (Lipinski definition) is 0. The van der Waals surface area contributed by atoms with Gasteiger partial charge in [-0.2, -0.15) is 18.3 Å². The number of benzene rings is 1. The first kappa shape index (κ1) is 26.6. The van der Waals surface area contributed by atoms with E-state index in [2.05, 4.69) is 10.1 Å². The Kier molecular flexibility index (Phi) is 7.54. The number of alkyl halides is 3. The third-order valence-electron chi connectivity index (χ3n) is 6.43. The van der Waals surface area contributed by atoms with Crippen LogP contribution in [0.1, 0.15) is 48.8 Å². The van der Waals surface area contributed by atoms with Crippen molar-refractivity contribution in [3.8, 4) is 17.0 Å². The van der Waals surface area contributed by atoms with Gasteiger partial charge in [0, 0.05) is 51.1 Å². The van der Waals surface area contributed by atoms with Gasteiger partial charge in [0.15, 0.2) is 18.2 Å². The topological polar surface area (TPSA) is 86.5 Å². The smallest absolute Gasteiger partial charge is 0.416 e. The summed E-state index contributed by atoms with van der Waals surface area (Å²) in [5.74, 6) is -0.121. The molecule has 3 aromatic rings. The van der Waals surface area contributed by atoms with Gasteiger partial charge in [-0.3, -0.25) is 14.3 Å². The number of rotatable bonds is 9. The lowest BCUT2D eigenvalue weighted by Gasteiger charge is -2.17.